The third-order valence-electron chi connectivity index (χ3n) is 3.90. The lowest BCUT2D eigenvalue weighted by Crippen LogP contribution is -2.14. The Kier molecular flexibility index (Phi) is 6.05. The van der Waals surface area contributed by atoms with Crippen molar-refractivity contribution >= 4 is 11.1 Å². The molecule has 0 unspecified atom stereocenters. The second kappa shape index (κ2) is 8.03. The Morgan fingerprint density at radius 2 is 1.81 bits per heavy atom. The molecule has 21 heavy (non-hydrogen) atoms. The Hall–Kier alpha value is -1.55. The summed E-state index contributed by atoms with van der Waals surface area (Å²) in [4.78, 5) is 11.9. The average Bonchev–Trinajstić information content (AvgIpc) is 2.81. The zero-order valence-electron chi connectivity index (χ0n) is 12.8. The monoisotopic (exact) mass is 291 g/mol. The second-order valence-corrected chi connectivity index (χ2v) is 5.60. The molecule has 4 nitrogen and oxygen atoms in total. The van der Waals surface area contributed by atoms with Crippen LogP contribution in [0.1, 0.15) is 57.4 Å². The smallest absolute Gasteiger partial charge is 0.408 e. The summed E-state index contributed by atoms with van der Waals surface area (Å²) in [7, 11) is 0. The number of rotatable bonds is 9. The minimum absolute atomic E-state index is 0.0391. The summed E-state index contributed by atoms with van der Waals surface area (Å²) in [6.45, 7) is 2.89. The van der Waals surface area contributed by atoms with E-state index in [0.29, 0.717) is 12.1 Å². The zero-order chi connectivity index (χ0) is 15.1. The van der Waals surface area contributed by atoms with E-state index in [1.807, 2.05) is 12.1 Å². The van der Waals surface area contributed by atoms with Crippen molar-refractivity contribution in [3.05, 3.63) is 34.3 Å². The Bertz CT molecular complexity index is 612. The summed E-state index contributed by atoms with van der Waals surface area (Å²) >= 11 is 0. The molecule has 2 aromatic rings. The van der Waals surface area contributed by atoms with Gasteiger partial charge in [0.1, 0.15) is 0 Å². The normalized spacial score (nSPS) is 11.3. The fraction of sp³-hybridized carbons (Fsp3) is 0.588. The largest absolute Gasteiger partial charge is 0.419 e. The molecule has 0 atom stereocenters. The van der Waals surface area contributed by atoms with Gasteiger partial charge in [-0.15, -0.1) is 0 Å². The van der Waals surface area contributed by atoms with E-state index in [9.17, 15) is 4.79 Å². The molecule has 0 aliphatic heterocycles. The number of nitrogens with zero attached hydrogens (tertiary/aromatic N) is 1. The number of hydrogen-bond donors (Lipinski definition) is 1. The van der Waals surface area contributed by atoms with E-state index in [0.717, 1.165) is 23.9 Å². The summed E-state index contributed by atoms with van der Waals surface area (Å²) in [6.07, 6.45) is 8.58. The van der Waals surface area contributed by atoms with Crippen molar-refractivity contribution in [3.63, 3.8) is 0 Å². The average molecular weight is 291 g/mol. The highest BCUT2D eigenvalue weighted by Gasteiger charge is 2.09. The zero-order valence-corrected chi connectivity index (χ0v) is 12.8. The Morgan fingerprint density at radius 3 is 2.52 bits per heavy atom. The molecule has 0 aliphatic carbocycles. The Morgan fingerprint density at radius 1 is 1.10 bits per heavy atom. The first-order chi connectivity index (χ1) is 10.3. The highest BCUT2D eigenvalue weighted by Crippen LogP contribution is 2.16. The van der Waals surface area contributed by atoms with E-state index in [-0.39, 0.29) is 12.4 Å². The van der Waals surface area contributed by atoms with Gasteiger partial charge >= 0.3 is 5.76 Å². The van der Waals surface area contributed by atoms with Crippen molar-refractivity contribution in [1.29, 1.82) is 0 Å². The molecule has 1 aromatic carbocycles. The molecule has 0 amide bonds. The number of aliphatic hydroxyl groups excluding tert-OH is 1. The van der Waals surface area contributed by atoms with Crippen LogP contribution in [0.15, 0.2) is 27.4 Å². The summed E-state index contributed by atoms with van der Waals surface area (Å²) in [5, 5.41) is 9.11. The van der Waals surface area contributed by atoms with Crippen LogP contribution in [0.2, 0.25) is 0 Å². The maximum Gasteiger partial charge on any atom is 0.419 e. The molecule has 1 heterocycles. The van der Waals surface area contributed by atoms with Gasteiger partial charge in [-0.05, 0) is 24.1 Å². The molecule has 2 rings (SSSR count). The molecule has 0 spiro atoms. The van der Waals surface area contributed by atoms with Gasteiger partial charge in [-0.2, -0.15) is 0 Å². The van der Waals surface area contributed by atoms with Gasteiger partial charge in [0.05, 0.1) is 12.1 Å². The van der Waals surface area contributed by atoms with Gasteiger partial charge in [0.2, 0.25) is 0 Å². The van der Waals surface area contributed by atoms with Crippen LogP contribution in [0.3, 0.4) is 0 Å². The van der Waals surface area contributed by atoms with Crippen LogP contribution in [0.25, 0.3) is 11.1 Å². The first kappa shape index (κ1) is 15.8. The quantitative estimate of drug-likeness (QED) is 0.714. The Balaban J connectivity index is 1.90. The molecule has 1 aromatic heterocycles. The topological polar surface area (TPSA) is 55.4 Å². The summed E-state index contributed by atoms with van der Waals surface area (Å²) in [6, 6.07) is 5.42. The third-order valence-corrected chi connectivity index (χ3v) is 3.90. The van der Waals surface area contributed by atoms with Crippen LogP contribution < -0.4 is 5.76 Å². The van der Waals surface area contributed by atoms with Crippen LogP contribution in [0, 0.1) is 0 Å². The molecule has 0 aliphatic rings. The van der Waals surface area contributed by atoms with Crippen LogP contribution >= 0.6 is 0 Å². The lowest BCUT2D eigenvalue weighted by Gasteiger charge is -2.03. The van der Waals surface area contributed by atoms with Crippen molar-refractivity contribution in [2.75, 3.05) is 0 Å². The molecular weight excluding hydrogens is 266 g/mol. The number of fused-ring (bicyclic) bond motifs is 1. The first-order valence-corrected chi connectivity index (χ1v) is 7.99. The maximum atomic E-state index is 11.9. The van der Waals surface area contributed by atoms with Crippen LogP contribution in [0.5, 0.6) is 0 Å². The third kappa shape index (κ3) is 4.21. The van der Waals surface area contributed by atoms with Crippen molar-refractivity contribution in [2.45, 2.75) is 65.0 Å². The molecule has 0 fully saturated rings. The van der Waals surface area contributed by atoms with E-state index in [1.165, 1.54) is 32.1 Å². The second-order valence-electron chi connectivity index (χ2n) is 5.60. The van der Waals surface area contributed by atoms with Gasteiger partial charge in [-0.1, -0.05) is 51.5 Å². The van der Waals surface area contributed by atoms with Gasteiger partial charge in [-0.3, -0.25) is 4.57 Å². The van der Waals surface area contributed by atoms with Crippen LogP contribution in [-0.4, -0.2) is 9.67 Å². The van der Waals surface area contributed by atoms with Crippen LogP contribution in [0.4, 0.5) is 0 Å². The molecule has 0 saturated heterocycles. The van der Waals surface area contributed by atoms with Crippen molar-refractivity contribution in [1.82, 2.24) is 4.57 Å². The van der Waals surface area contributed by atoms with E-state index in [1.54, 1.807) is 10.6 Å². The van der Waals surface area contributed by atoms with Crippen molar-refractivity contribution in [2.24, 2.45) is 0 Å². The van der Waals surface area contributed by atoms with E-state index >= 15 is 0 Å². The molecule has 0 bridgehead atoms. The summed E-state index contributed by atoms with van der Waals surface area (Å²) < 4.78 is 6.94. The molecule has 1 N–H and O–H groups in total. The minimum Gasteiger partial charge on any atom is -0.408 e. The molecule has 4 heteroatoms. The van der Waals surface area contributed by atoms with Gasteiger partial charge in [0.25, 0.3) is 0 Å². The fourth-order valence-electron chi connectivity index (χ4n) is 2.65. The molecule has 0 saturated carbocycles. The van der Waals surface area contributed by atoms with Crippen molar-refractivity contribution in [3.8, 4) is 0 Å². The summed E-state index contributed by atoms with van der Waals surface area (Å²) in [5.41, 5.74) is 2.15. The first-order valence-electron chi connectivity index (χ1n) is 7.99. The highest BCUT2D eigenvalue weighted by atomic mass is 16.4. The number of oxazole rings is 1. The number of aromatic nitrogens is 1. The number of unbranched alkanes of at least 4 members (excludes halogenated alkanes) is 6. The predicted octanol–water partition coefficient (Wildman–Crippen LogP) is 3.84. The molecular formula is C17H25NO3. The van der Waals surface area contributed by atoms with Gasteiger partial charge in [-0.25, -0.2) is 4.79 Å². The maximum absolute atomic E-state index is 11.9. The number of aliphatic hydroxyl groups is 1. The minimum atomic E-state index is -0.300. The van der Waals surface area contributed by atoms with Gasteiger partial charge < -0.3 is 9.52 Å². The molecule has 116 valence electrons. The van der Waals surface area contributed by atoms with E-state index < -0.39 is 0 Å². The van der Waals surface area contributed by atoms with E-state index in [4.69, 9.17) is 9.52 Å². The Labute approximate surface area is 125 Å². The standard InChI is InChI=1S/C17H25NO3/c1-2-3-4-5-6-7-8-11-18-15-10-9-14(13-19)12-16(15)21-17(18)20/h9-10,12,19H,2-8,11,13H2,1H3. The predicted molar refractivity (Wildman–Crippen MR) is 84.4 cm³/mol. The fourth-order valence-corrected chi connectivity index (χ4v) is 2.65. The highest BCUT2D eigenvalue weighted by molar-refractivity contribution is 5.73. The van der Waals surface area contributed by atoms with Gasteiger partial charge in [0, 0.05) is 6.54 Å². The lowest BCUT2D eigenvalue weighted by molar-refractivity contribution is 0.282. The SMILES string of the molecule is CCCCCCCCCn1c(=O)oc2cc(CO)ccc21. The van der Waals surface area contributed by atoms with Crippen molar-refractivity contribution < 1.29 is 9.52 Å². The number of benzene rings is 1. The summed E-state index contributed by atoms with van der Waals surface area (Å²) in [5.74, 6) is -0.300. The van der Waals surface area contributed by atoms with E-state index in [2.05, 4.69) is 6.92 Å². The lowest BCUT2D eigenvalue weighted by atomic mass is 10.1. The van der Waals surface area contributed by atoms with Gasteiger partial charge in [0.15, 0.2) is 5.58 Å². The number of hydrogen-bond acceptors (Lipinski definition) is 3. The van der Waals surface area contributed by atoms with Crippen LogP contribution in [-0.2, 0) is 13.2 Å². The molecule has 0 radical (unpaired) electrons. The number of aryl methyl sites for hydroxylation is 1.